The van der Waals surface area contributed by atoms with Crippen molar-refractivity contribution in [2.45, 2.75) is 44.6 Å². The molecule has 0 aromatic heterocycles. The van der Waals surface area contributed by atoms with Crippen LogP contribution in [0.4, 0.5) is 0 Å². The summed E-state index contributed by atoms with van der Waals surface area (Å²) in [6.45, 7) is 2.96. The summed E-state index contributed by atoms with van der Waals surface area (Å²) >= 11 is 0. The van der Waals surface area contributed by atoms with Crippen LogP contribution in [0.1, 0.15) is 38.5 Å². The minimum atomic E-state index is 0.235. The molecule has 2 fully saturated rings. The van der Waals surface area contributed by atoms with Gasteiger partial charge in [-0.3, -0.25) is 9.79 Å². The van der Waals surface area contributed by atoms with Crippen LogP contribution in [-0.2, 0) is 4.79 Å². The largest absolute Gasteiger partial charge is 0.492 e. The number of likely N-dealkylation sites (tertiary alicyclic amines) is 1. The third kappa shape index (κ3) is 5.09. The third-order valence-electron chi connectivity index (χ3n) is 6.03. The maximum absolute atomic E-state index is 12.7. The van der Waals surface area contributed by atoms with E-state index in [1.54, 1.807) is 7.05 Å². The summed E-state index contributed by atoms with van der Waals surface area (Å²) in [5, 5.41) is 6.72. The molecule has 1 aliphatic carbocycles. The van der Waals surface area contributed by atoms with Gasteiger partial charge in [0.1, 0.15) is 12.4 Å². The number of fused-ring (bicyclic) bond motifs is 1. The van der Waals surface area contributed by atoms with Crippen molar-refractivity contribution in [1.82, 2.24) is 15.5 Å². The Morgan fingerprint density at radius 2 is 2.03 bits per heavy atom. The first-order valence-electron chi connectivity index (χ1n) is 11.0. The van der Waals surface area contributed by atoms with E-state index in [2.05, 4.69) is 15.6 Å². The number of guanidine groups is 1. The molecule has 2 heterocycles. The van der Waals surface area contributed by atoms with Crippen LogP contribution in [0.15, 0.2) is 23.2 Å². The molecule has 1 unspecified atom stereocenters. The van der Waals surface area contributed by atoms with Gasteiger partial charge in [-0.1, -0.05) is 19.3 Å². The van der Waals surface area contributed by atoms with Crippen LogP contribution in [0.3, 0.4) is 0 Å². The molecule has 1 atom stereocenters. The molecule has 1 saturated heterocycles. The Balaban J connectivity index is 1.16. The van der Waals surface area contributed by atoms with Crippen molar-refractivity contribution in [3.8, 4) is 17.2 Å². The summed E-state index contributed by atoms with van der Waals surface area (Å²) in [6.07, 6.45) is 6.72. The van der Waals surface area contributed by atoms with Crippen LogP contribution >= 0.6 is 0 Å². The predicted molar refractivity (Wildman–Crippen MR) is 114 cm³/mol. The lowest BCUT2D eigenvalue weighted by Gasteiger charge is -2.26. The number of nitrogens with zero attached hydrogens (tertiary/aromatic N) is 2. The van der Waals surface area contributed by atoms with Gasteiger partial charge in [-0.15, -0.1) is 0 Å². The maximum atomic E-state index is 12.7. The van der Waals surface area contributed by atoms with Gasteiger partial charge in [0.15, 0.2) is 17.5 Å². The number of amides is 1. The molecule has 0 bridgehead atoms. The number of hydrogen-bond acceptors (Lipinski definition) is 5. The first-order chi connectivity index (χ1) is 14.7. The van der Waals surface area contributed by atoms with E-state index in [0.717, 1.165) is 49.8 Å². The number of nitrogens with one attached hydrogen (secondary N) is 2. The van der Waals surface area contributed by atoms with Crippen LogP contribution in [-0.4, -0.2) is 62.9 Å². The molecule has 8 nitrogen and oxygen atoms in total. The van der Waals surface area contributed by atoms with E-state index in [1.165, 1.54) is 19.3 Å². The van der Waals surface area contributed by atoms with E-state index >= 15 is 0 Å². The number of carbonyl (C=O) groups is 1. The number of aliphatic imine (C=N–C) groups is 1. The fraction of sp³-hybridized carbons (Fsp3) is 0.636. The predicted octanol–water partition coefficient (Wildman–Crippen LogP) is 2.14. The molecule has 0 spiro atoms. The Morgan fingerprint density at radius 3 is 2.87 bits per heavy atom. The second-order valence-electron chi connectivity index (χ2n) is 8.11. The average molecular weight is 417 g/mol. The van der Waals surface area contributed by atoms with Gasteiger partial charge in [-0.25, -0.2) is 0 Å². The zero-order valence-corrected chi connectivity index (χ0v) is 17.7. The molecule has 1 amide bonds. The number of carbonyl (C=O) groups excluding carboxylic acids is 1. The minimum Gasteiger partial charge on any atom is -0.492 e. The molecule has 2 aliphatic heterocycles. The van der Waals surface area contributed by atoms with Crippen molar-refractivity contribution in [1.29, 1.82) is 0 Å². The van der Waals surface area contributed by atoms with E-state index in [9.17, 15) is 4.79 Å². The molecule has 2 N–H and O–H groups in total. The molecule has 4 rings (SSSR count). The quantitative estimate of drug-likeness (QED) is 0.420. The van der Waals surface area contributed by atoms with Crippen molar-refractivity contribution < 1.29 is 19.0 Å². The van der Waals surface area contributed by atoms with E-state index in [1.807, 2.05) is 23.1 Å². The first-order valence-corrected chi connectivity index (χ1v) is 11.0. The second-order valence-corrected chi connectivity index (χ2v) is 8.11. The lowest BCUT2D eigenvalue weighted by Crippen LogP contribution is -2.46. The molecular formula is C22H32N4O4. The van der Waals surface area contributed by atoms with Crippen molar-refractivity contribution in [3.05, 3.63) is 18.2 Å². The van der Waals surface area contributed by atoms with Crippen molar-refractivity contribution in [3.63, 3.8) is 0 Å². The van der Waals surface area contributed by atoms with E-state index in [4.69, 9.17) is 14.2 Å². The van der Waals surface area contributed by atoms with Crippen LogP contribution in [0.5, 0.6) is 17.2 Å². The van der Waals surface area contributed by atoms with Crippen LogP contribution in [0.25, 0.3) is 0 Å². The summed E-state index contributed by atoms with van der Waals surface area (Å²) in [6, 6.07) is 5.80. The molecule has 1 aromatic rings. The Labute approximate surface area is 178 Å². The summed E-state index contributed by atoms with van der Waals surface area (Å²) in [5.41, 5.74) is 0. The topological polar surface area (TPSA) is 84.4 Å². The van der Waals surface area contributed by atoms with E-state index in [-0.39, 0.29) is 18.8 Å². The number of benzene rings is 1. The Morgan fingerprint density at radius 1 is 1.20 bits per heavy atom. The van der Waals surface area contributed by atoms with Crippen LogP contribution < -0.4 is 24.8 Å². The van der Waals surface area contributed by atoms with Crippen molar-refractivity contribution in [2.75, 3.05) is 40.1 Å². The number of rotatable bonds is 6. The first kappa shape index (κ1) is 20.6. The third-order valence-corrected chi connectivity index (χ3v) is 6.03. The summed E-state index contributed by atoms with van der Waals surface area (Å²) in [7, 11) is 1.76. The van der Waals surface area contributed by atoms with E-state index < -0.39 is 0 Å². The summed E-state index contributed by atoms with van der Waals surface area (Å²) < 4.78 is 16.4. The highest BCUT2D eigenvalue weighted by molar-refractivity contribution is 5.81. The number of hydrogen-bond donors (Lipinski definition) is 2. The molecule has 164 valence electrons. The zero-order chi connectivity index (χ0) is 20.8. The molecular weight excluding hydrogens is 384 g/mol. The van der Waals surface area contributed by atoms with Gasteiger partial charge in [0.2, 0.25) is 12.7 Å². The van der Waals surface area contributed by atoms with Gasteiger partial charge >= 0.3 is 0 Å². The smallest absolute Gasteiger partial charge is 0.231 e. The zero-order valence-electron chi connectivity index (χ0n) is 17.7. The number of ether oxygens (including phenoxy) is 3. The minimum absolute atomic E-state index is 0.235. The van der Waals surface area contributed by atoms with Crippen molar-refractivity contribution >= 4 is 11.9 Å². The van der Waals surface area contributed by atoms with Gasteiger partial charge in [-0.05, 0) is 31.4 Å². The van der Waals surface area contributed by atoms with Crippen molar-refractivity contribution in [2.24, 2.45) is 10.9 Å². The SMILES string of the molecule is CN=C(NCCOc1ccc2c(c1)OCO2)NC1CCN(C(=O)C2CCCCC2)C1. The van der Waals surface area contributed by atoms with Crippen LogP contribution in [0, 0.1) is 5.92 Å². The molecule has 30 heavy (non-hydrogen) atoms. The molecule has 3 aliphatic rings. The maximum Gasteiger partial charge on any atom is 0.231 e. The van der Waals surface area contributed by atoms with Gasteiger partial charge in [0.25, 0.3) is 0 Å². The average Bonchev–Trinajstić information content (AvgIpc) is 3.45. The van der Waals surface area contributed by atoms with Gasteiger partial charge in [-0.2, -0.15) is 0 Å². The van der Waals surface area contributed by atoms with Gasteiger partial charge < -0.3 is 29.7 Å². The highest BCUT2D eigenvalue weighted by Gasteiger charge is 2.31. The Bertz CT molecular complexity index is 764. The Kier molecular flexibility index (Phi) is 6.81. The summed E-state index contributed by atoms with van der Waals surface area (Å²) in [5.74, 6) is 3.53. The molecule has 8 heteroatoms. The Hall–Kier alpha value is -2.64. The molecule has 1 saturated carbocycles. The lowest BCUT2D eigenvalue weighted by atomic mass is 9.88. The van der Waals surface area contributed by atoms with E-state index in [0.29, 0.717) is 24.8 Å². The molecule has 1 aromatic carbocycles. The second kappa shape index (κ2) is 9.91. The molecule has 0 radical (unpaired) electrons. The van der Waals surface area contributed by atoms with Gasteiger partial charge in [0, 0.05) is 38.2 Å². The van der Waals surface area contributed by atoms with Gasteiger partial charge in [0.05, 0.1) is 6.54 Å². The monoisotopic (exact) mass is 416 g/mol. The fourth-order valence-corrected chi connectivity index (χ4v) is 4.38. The van der Waals surface area contributed by atoms with Crippen LogP contribution in [0.2, 0.25) is 0 Å². The fourth-order valence-electron chi connectivity index (χ4n) is 4.38. The lowest BCUT2D eigenvalue weighted by molar-refractivity contribution is -0.135. The normalized spacial score (nSPS) is 21.6. The summed E-state index contributed by atoms with van der Waals surface area (Å²) in [4.78, 5) is 19.1. The standard InChI is InChI=1S/C22H32N4O4/c1-23-22(24-10-12-28-18-7-8-19-20(13-18)30-15-29-19)25-17-9-11-26(14-17)21(27)16-5-3-2-4-6-16/h7-8,13,16-17H,2-6,9-12,14-15H2,1H3,(H2,23,24,25). The highest BCUT2D eigenvalue weighted by atomic mass is 16.7. The highest BCUT2D eigenvalue weighted by Crippen LogP contribution is 2.35.